The maximum atomic E-state index is 9.37. The molecular weight excluding hydrogens is 206 g/mol. The summed E-state index contributed by atoms with van der Waals surface area (Å²) in [7, 11) is 3.43. The van der Waals surface area contributed by atoms with Gasteiger partial charge in [-0.25, -0.2) is 4.98 Å². The van der Waals surface area contributed by atoms with Gasteiger partial charge in [0.15, 0.2) is 11.6 Å². The third-order valence-electron chi connectivity index (χ3n) is 2.23. The molecule has 0 unspecified atom stereocenters. The van der Waals surface area contributed by atoms with Gasteiger partial charge in [-0.15, -0.1) is 0 Å². The van der Waals surface area contributed by atoms with Gasteiger partial charge in [-0.1, -0.05) is 12.1 Å². The maximum Gasteiger partial charge on any atom is 0.181 e. The lowest BCUT2D eigenvalue weighted by Gasteiger charge is -1.95. The van der Waals surface area contributed by atoms with Crippen molar-refractivity contribution in [3.63, 3.8) is 0 Å². The molecule has 0 atom stereocenters. The maximum absolute atomic E-state index is 9.37. The first-order valence-corrected chi connectivity index (χ1v) is 4.89. The highest BCUT2D eigenvalue weighted by Gasteiger charge is 2.08. The number of ether oxygens (including phenoxy) is 1. The quantitative estimate of drug-likeness (QED) is 0.846. The lowest BCUT2D eigenvalue weighted by molar-refractivity contribution is 0.174. The average molecular weight is 219 g/mol. The Hall–Kier alpha value is -1.88. The van der Waals surface area contributed by atoms with Gasteiger partial charge in [-0.05, 0) is 12.1 Å². The Balaban J connectivity index is 2.37. The second-order valence-electron chi connectivity index (χ2n) is 3.46. The van der Waals surface area contributed by atoms with Crippen molar-refractivity contribution in [2.75, 3.05) is 7.11 Å². The van der Waals surface area contributed by atoms with Crippen LogP contribution in [-0.4, -0.2) is 27.0 Å². The van der Waals surface area contributed by atoms with E-state index < -0.39 is 0 Å². The largest absolute Gasteiger partial charge is 0.508 e. The third kappa shape index (κ3) is 2.04. The van der Waals surface area contributed by atoms with Crippen LogP contribution < -0.4 is 0 Å². The number of phenolic OH excluding ortho intramolecular Hbond substituents is 1. The van der Waals surface area contributed by atoms with Crippen molar-refractivity contribution in [3.8, 4) is 17.1 Å². The summed E-state index contributed by atoms with van der Waals surface area (Å²) in [6, 6.07) is 6.86. The van der Waals surface area contributed by atoms with Crippen LogP contribution in [0.5, 0.6) is 5.75 Å². The summed E-state index contributed by atoms with van der Waals surface area (Å²) in [6.07, 6.45) is 0. The average Bonchev–Trinajstić information content (AvgIpc) is 2.61. The molecule has 1 heterocycles. The van der Waals surface area contributed by atoms with Gasteiger partial charge in [-0.3, -0.25) is 4.68 Å². The molecule has 2 rings (SSSR count). The van der Waals surface area contributed by atoms with Crippen LogP contribution in [0.4, 0.5) is 0 Å². The highest BCUT2D eigenvalue weighted by atomic mass is 16.5. The molecule has 2 aromatic rings. The lowest BCUT2D eigenvalue weighted by atomic mass is 10.2. The van der Waals surface area contributed by atoms with E-state index in [-0.39, 0.29) is 5.75 Å². The topological polar surface area (TPSA) is 60.2 Å². The van der Waals surface area contributed by atoms with E-state index >= 15 is 0 Å². The van der Waals surface area contributed by atoms with Crippen LogP contribution in [0, 0.1) is 0 Å². The molecule has 0 aliphatic carbocycles. The predicted octanol–water partition coefficient (Wildman–Crippen LogP) is 1.33. The third-order valence-corrected chi connectivity index (χ3v) is 2.23. The summed E-state index contributed by atoms with van der Waals surface area (Å²) in [5, 5.41) is 13.6. The van der Waals surface area contributed by atoms with E-state index in [9.17, 15) is 5.11 Å². The Kier molecular flexibility index (Phi) is 2.87. The second-order valence-corrected chi connectivity index (χ2v) is 3.46. The number of aryl methyl sites for hydroxylation is 1. The van der Waals surface area contributed by atoms with E-state index in [4.69, 9.17) is 4.74 Å². The molecule has 1 aromatic heterocycles. The zero-order valence-electron chi connectivity index (χ0n) is 9.21. The highest BCUT2D eigenvalue weighted by molar-refractivity contribution is 5.56. The van der Waals surface area contributed by atoms with Crippen molar-refractivity contribution in [2.45, 2.75) is 6.61 Å². The van der Waals surface area contributed by atoms with E-state index in [1.165, 1.54) is 0 Å². The molecule has 0 aliphatic rings. The number of hydrogen-bond donors (Lipinski definition) is 1. The van der Waals surface area contributed by atoms with Crippen molar-refractivity contribution in [1.29, 1.82) is 0 Å². The molecule has 0 saturated heterocycles. The predicted molar refractivity (Wildman–Crippen MR) is 58.8 cm³/mol. The SMILES string of the molecule is COCc1nc(-c2cccc(O)c2)nn1C. The van der Waals surface area contributed by atoms with Crippen molar-refractivity contribution >= 4 is 0 Å². The first-order chi connectivity index (χ1) is 7.70. The number of benzene rings is 1. The number of methoxy groups -OCH3 is 1. The first kappa shape index (κ1) is 10.6. The summed E-state index contributed by atoms with van der Waals surface area (Å²) < 4.78 is 6.68. The Morgan fingerprint density at radius 2 is 2.25 bits per heavy atom. The molecule has 84 valence electrons. The number of hydrogen-bond acceptors (Lipinski definition) is 4. The summed E-state index contributed by atoms with van der Waals surface area (Å²) in [4.78, 5) is 4.33. The number of phenols is 1. The zero-order valence-corrected chi connectivity index (χ0v) is 9.21. The molecule has 1 N–H and O–H groups in total. The van der Waals surface area contributed by atoms with Crippen LogP contribution in [0.3, 0.4) is 0 Å². The van der Waals surface area contributed by atoms with Gasteiger partial charge in [0.2, 0.25) is 0 Å². The van der Waals surface area contributed by atoms with Crippen LogP contribution in [0.2, 0.25) is 0 Å². The minimum atomic E-state index is 0.207. The fourth-order valence-electron chi connectivity index (χ4n) is 1.44. The molecule has 0 fully saturated rings. The molecule has 1 aromatic carbocycles. The van der Waals surface area contributed by atoms with Gasteiger partial charge in [0.25, 0.3) is 0 Å². The van der Waals surface area contributed by atoms with Crippen molar-refractivity contribution < 1.29 is 9.84 Å². The van der Waals surface area contributed by atoms with Crippen molar-refractivity contribution in [1.82, 2.24) is 14.8 Å². The van der Waals surface area contributed by atoms with Crippen LogP contribution in [0.15, 0.2) is 24.3 Å². The van der Waals surface area contributed by atoms with Gasteiger partial charge in [0.05, 0.1) is 0 Å². The Labute approximate surface area is 93.3 Å². The lowest BCUT2D eigenvalue weighted by Crippen LogP contribution is -2.00. The minimum Gasteiger partial charge on any atom is -0.508 e. The van der Waals surface area contributed by atoms with Gasteiger partial charge in [-0.2, -0.15) is 5.10 Å². The van der Waals surface area contributed by atoms with Crippen LogP contribution in [-0.2, 0) is 18.4 Å². The van der Waals surface area contributed by atoms with E-state index in [2.05, 4.69) is 10.1 Å². The van der Waals surface area contributed by atoms with E-state index in [0.717, 1.165) is 11.4 Å². The summed E-state index contributed by atoms with van der Waals surface area (Å²) >= 11 is 0. The van der Waals surface area contributed by atoms with Crippen LogP contribution >= 0.6 is 0 Å². The molecule has 5 nitrogen and oxygen atoms in total. The van der Waals surface area contributed by atoms with Gasteiger partial charge in [0, 0.05) is 19.7 Å². The minimum absolute atomic E-state index is 0.207. The highest BCUT2D eigenvalue weighted by Crippen LogP contribution is 2.20. The summed E-state index contributed by atoms with van der Waals surface area (Å²) in [5.74, 6) is 1.55. The van der Waals surface area contributed by atoms with E-state index in [1.807, 2.05) is 13.1 Å². The molecule has 0 aliphatic heterocycles. The first-order valence-electron chi connectivity index (χ1n) is 4.89. The normalized spacial score (nSPS) is 10.6. The monoisotopic (exact) mass is 219 g/mol. The van der Waals surface area contributed by atoms with Crippen molar-refractivity contribution in [3.05, 3.63) is 30.1 Å². The van der Waals surface area contributed by atoms with Gasteiger partial charge < -0.3 is 9.84 Å². The fourth-order valence-corrected chi connectivity index (χ4v) is 1.44. The van der Waals surface area contributed by atoms with Crippen LogP contribution in [0.25, 0.3) is 11.4 Å². The Morgan fingerprint density at radius 1 is 1.44 bits per heavy atom. The molecule has 16 heavy (non-hydrogen) atoms. The molecule has 0 saturated carbocycles. The number of rotatable bonds is 3. The van der Waals surface area contributed by atoms with Crippen LogP contribution in [0.1, 0.15) is 5.82 Å². The second kappa shape index (κ2) is 4.32. The van der Waals surface area contributed by atoms with Gasteiger partial charge >= 0.3 is 0 Å². The molecule has 0 spiro atoms. The number of nitrogens with zero attached hydrogens (tertiary/aromatic N) is 3. The Bertz CT molecular complexity index is 494. The number of aromatic hydroxyl groups is 1. The molecule has 5 heteroatoms. The summed E-state index contributed by atoms with van der Waals surface area (Å²) in [5.41, 5.74) is 0.790. The molecule has 0 bridgehead atoms. The van der Waals surface area contributed by atoms with Crippen molar-refractivity contribution in [2.24, 2.45) is 7.05 Å². The standard InChI is InChI=1S/C11H13N3O2/c1-14-10(7-16-2)12-11(13-14)8-4-3-5-9(15)6-8/h3-6,15H,7H2,1-2H3. The Morgan fingerprint density at radius 3 is 2.94 bits per heavy atom. The van der Waals surface area contributed by atoms with E-state index in [1.54, 1.807) is 30.0 Å². The fraction of sp³-hybridized carbons (Fsp3) is 0.273. The van der Waals surface area contributed by atoms with Gasteiger partial charge in [0.1, 0.15) is 12.4 Å². The molecule has 0 amide bonds. The molecule has 0 radical (unpaired) electrons. The van der Waals surface area contributed by atoms with E-state index in [0.29, 0.717) is 12.4 Å². The molecular formula is C11H13N3O2. The zero-order chi connectivity index (χ0) is 11.5. The number of aromatic nitrogens is 3. The smallest absolute Gasteiger partial charge is 0.181 e. The summed E-state index contributed by atoms with van der Waals surface area (Å²) in [6.45, 7) is 0.419.